The van der Waals surface area contributed by atoms with Crippen molar-refractivity contribution in [2.45, 2.75) is 19.3 Å². The fourth-order valence-electron chi connectivity index (χ4n) is 2.31. The molecule has 0 unspecified atom stereocenters. The summed E-state index contributed by atoms with van der Waals surface area (Å²) in [5, 5.41) is 2.53. The lowest BCUT2D eigenvalue weighted by Gasteiger charge is -2.12. The summed E-state index contributed by atoms with van der Waals surface area (Å²) >= 11 is 0. The monoisotopic (exact) mass is 434 g/mol. The molecule has 158 valence electrons. The van der Waals surface area contributed by atoms with Crippen LogP contribution in [0.4, 0.5) is 23.2 Å². The van der Waals surface area contributed by atoms with Crippen molar-refractivity contribution in [2.24, 2.45) is 0 Å². The summed E-state index contributed by atoms with van der Waals surface area (Å²) in [7, 11) is -3.67. The lowest BCUT2D eigenvalue weighted by Crippen LogP contribution is -2.25. The van der Waals surface area contributed by atoms with E-state index in [9.17, 15) is 30.8 Å². The molecule has 0 bridgehead atoms. The van der Waals surface area contributed by atoms with Crippen LogP contribution in [0.2, 0.25) is 0 Å². The van der Waals surface area contributed by atoms with Gasteiger partial charge in [0.2, 0.25) is 10.0 Å². The molecular formula is C18H18F4N2O4S. The Hall–Kier alpha value is -2.66. The molecule has 1 amide bonds. The quantitative estimate of drug-likeness (QED) is 0.625. The SMILES string of the molecule is CS(=O)(=O)Nc1ccc(F)cc1C(=O)NCc1ccc(COCC(F)(F)F)cc1. The molecule has 0 aromatic heterocycles. The largest absolute Gasteiger partial charge is 0.411 e. The summed E-state index contributed by atoms with van der Waals surface area (Å²) in [5.41, 5.74) is 0.900. The number of anilines is 1. The highest BCUT2D eigenvalue weighted by molar-refractivity contribution is 7.92. The Kier molecular flexibility index (Phi) is 7.20. The van der Waals surface area contributed by atoms with Crippen molar-refractivity contribution in [3.8, 4) is 0 Å². The molecule has 0 aliphatic rings. The molecule has 2 aromatic rings. The number of carbonyl (C=O) groups is 1. The van der Waals surface area contributed by atoms with Crippen LogP contribution in [0.1, 0.15) is 21.5 Å². The minimum atomic E-state index is -4.40. The Morgan fingerprint density at radius 1 is 1.07 bits per heavy atom. The molecule has 0 saturated heterocycles. The number of benzene rings is 2. The number of hydrogen-bond donors (Lipinski definition) is 2. The van der Waals surface area contributed by atoms with Gasteiger partial charge >= 0.3 is 6.18 Å². The second kappa shape index (κ2) is 9.23. The van der Waals surface area contributed by atoms with Gasteiger partial charge in [0.1, 0.15) is 12.4 Å². The zero-order valence-corrected chi connectivity index (χ0v) is 16.0. The highest BCUT2D eigenvalue weighted by Crippen LogP contribution is 2.19. The molecule has 0 atom stereocenters. The van der Waals surface area contributed by atoms with Crippen LogP contribution in [0.3, 0.4) is 0 Å². The van der Waals surface area contributed by atoms with Crippen LogP contribution < -0.4 is 10.0 Å². The van der Waals surface area contributed by atoms with Gasteiger partial charge < -0.3 is 10.1 Å². The number of alkyl halides is 3. The lowest BCUT2D eigenvalue weighted by atomic mass is 10.1. The second-order valence-electron chi connectivity index (χ2n) is 6.17. The molecule has 2 N–H and O–H groups in total. The van der Waals surface area contributed by atoms with E-state index in [1.54, 1.807) is 24.3 Å². The van der Waals surface area contributed by atoms with Crippen LogP contribution in [-0.4, -0.2) is 33.4 Å². The van der Waals surface area contributed by atoms with E-state index in [0.29, 0.717) is 11.1 Å². The molecule has 2 rings (SSSR count). The van der Waals surface area contributed by atoms with Gasteiger partial charge in [-0.2, -0.15) is 13.2 Å². The van der Waals surface area contributed by atoms with E-state index in [1.807, 2.05) is 0 Å². The third kappa shape index (κ3) is 8.08. The smallest absolute Gasteiger partial charge is 0.367 e. The summed E-state index contributed by atoms with van der Waals surface area (Å²) in [6.45, 7) is -1.52. The average Bonchev–Trinajstić information content (AvgIpc) is 2.60. The van der Waals surface area contributed by atoms with Crippen LogP contribution in [0, 0.1) is 5.82 Å². The zero-order valence-electron chi connectivity index (χ0n) is 15.2. The summed E-state index contributed by atoms with van der Waals surface area (Å²) < 4.78 is 79.1. The molecule has 0 aliphatic heterocycles. The van der Waals surface area contributed by atoms with Crippen molar-refractivity contribution in [3.05, 3.63) is 65.0 Å². The van der Waals surface area contributed by atoms with Crippen molar-refractivity contribution < 1.29 is 35.5 Å². The van der Waals surface area contributed by atoms with Crippen molar-refractivity contribution in [3.63, 3.8) is 0 Å². The number of sulfonamides is 1. The molecule has 0 aliphatic carbocycles. The highest BCUT2D eigenvalue weighted by Gasteiger charge is 2.27. The molecule has 6 nitrogen and oxygen atoms in total. The van der Waals surface area contributed by atoms with Gasteiger partial charge in [-0.15, -0.1) is 0 Å². The first-order valence-electron chi connectivity index (χ1n) is 8.21. The molecule has 2 aromatic carbocycles. The number of hydrogen-bond acceptors (Lipinski definition) is 4. The van der Waals surface area contributed by atoms with Crippen molar-refractivity contribution in [2.75, 3.05) is 17.6 Å². The van der Waals surface area contributed by atoms with Crippen molar-refractivity contribution >= 4 is 21.6 Å². The van der Waals surface area contributed by atoms with Gasteiger partial charge in [0.05, 0.1) is 24.1 Å². The van der Waals surface area contributed by atoms with Crippen LogP contribution in [0.25, 0.3) is 0 Å². The predicted molar refractivity (Wildman–Crippen MR) is 98.2 cm³/mol. The number of amides is 1. The van der Waals surface area contributed by atoms with Gasteiger partial charge in [-0.25, -0.2) is 12.8 Å². The molecular weight excluding hydrogens is 416 g/mol. The third-order valence-corrected chi connectivity index (χ3v) is 4.12. The van der Waals surface area contributed by atoms with Gasteiger partial charge in [-0.05, 0) is 29.3 Å². The number of carbonyl (C=O) groups excluding carboxylic acids is 1. The Morgan fingerprint density at radius 3 is 2.28 bits per heavy atom. The van der Waals surface area contributed by atoms with E-state index < -0.39 is 34.5 Å². The molecule has 0 radical (unpaired) electrons. The van der Waals surface area contributed by atoms with Crippen LogP contribution >= 0.6 is 0 Å². The molecule has 0 spiro atoms. The van der Waals surface area contributed by atoms with E-state index in [2.05, 4.69) is 14.8 Å². The average molecular weight is 434 g/mol. The number of nitrogens with one attached hydrogen (secondary N) is 2. The van der Waals surface area contributed by atoms with Crippen LogP contribution in [0.15, 0.2) is 42.5 Å². The lowest BCUT2D eigenvalue weighted by molar-refractivity contribution is -0.176. The van der Waals surface area contributed by atoms with Crippen molar-refractivity contribution in [1.29, 1.82) is 0 Å². The molecule has 0 fully saturated rings. The Balaban J connectivity index is 1.98. The Bertz CT molecular complexity index is 961. The molecule has 0 heterocycles. The van der Waals surface area contributed by atoms with E-state index >= 15 is 0 Å². The van der Waals surface area contributed by atoms with Crippen LogP contribution in [-0.2, 0) is 27.9 Å². The Labute approximate surface area is 164 Å². The first-order chi connectivity index (χ1) is 13.4. The summed E-state index contributed by atoms with van der Waals surface area (Å²) in [6.07, 6.45) is -3.50. The van der Waals surface area contributed by atoms with E-state index in [-0.39, 0.29) is 24.4 Å². The maximum atomic E-state index is 13.5. The van der Waals surface area contributed by atoms with E-state index in [1.165, 1.54) is 0 Å². The van der Waals surface area contributed by atoms with Gasteiger partial charge in [0.15, 0.2) is 0 Å². The highest BCUT2D eigenvalue weighted by atomic mass is 32.2. The maximum Gasteiger partial charge on any atom is 0.411 e. The van der Waals surface area contributed by atoms with Gasteiger partial charge in [0, 0.05) is 6.54 Å². The second-order valence-corrected chi connectivity index (χ2v) is 7.92. The van der Waals surface area contributed by atoms with Gasteiger partial charge in [-0.1, -0.05) is 24.3 Å². The number of halogens is 4. The predicted octanol–water partition coefficient (Wildman–Crippen LogP) is 3.21. The molecule has 11 heteroatoms. The first kappa shape index (κ1) is 22.6. The minimum absolute atomic E-state index is 0.0390. The van der Waals surface area contributed by atoms with Gasteiger partial charge in [0.25, 0.3) is 5.91 Å². The number of ether oxygens (including phenoxy) is 1. The topological polar surface area (TPSA) is 84.5 Å². The van der Waals surface area contributed by atoms with E-state index in [0.717, 1.165) is 24.5 Å². The summed E-state index contributed by atoms with van der Waals surface area (Å²) in [5.74, 6) is -1.41. The maximum absolute atomic E-state index is 13.5. The van der Waals surface area contributed by atoms with Gasteiger partial charge in [-0.3, -0.25) is 9.52 Å². The fourth-order valence-corrected chi connectivity index (χ4v) is 2.89. The third-order valence-electron chi connectivity index (χ3n) is 3.53. The van der Waals surface area contributed by atoms with Crippen molar-refractivity contribution in [1.82, 2.24) is 5.32 Å². The van der Waals surface area contributed by atoms with E-state index in [4.69, 9.17) is 0 Å². The normalized spacial score (nSPS) is 11.9. The minimum Gasteiger partial charge on any atom is -0.367 e. The summed E-state index contributed by atoms with van der Waals surface area (Å²) in [4.78, 5) is 12.3. The van der Waals surface area contributed by atoms with Crippen LogP contribution in [0.5, 0.6) is 0 Å². The fraction of sp³-hybridized carbons (Fsp3) is 0.278. The first-order valence-corrected chi connectivity index (χ1v) is 10.1. The summed E-state index contributed by atoms with van der Waals surface area (Å²) in [6, 6.07) is 9.35. The zero-order chi connectivity index (χ0) is 21.7. The Morgan fingerprint density at radius 2 is 1.69 bits per heavy atom. The standard InChI is InChI=1S/C18H18F4N2O4S/c1-29(26,27)24-16-7-6-14(19)8-15(16)17(25)23-9-12-2-4-13(5-3-12)10-28-11-18(20,21)22/h2-8,24H,9-11H2,1H3,(H,23,25). The molecule has 29 heavy (non-hydrogen) atoms. The molecule has 0 saturated carbocycles. The number of rotatable bonds is 8.